The highest BCUT2D eigenvalue weighted by molar-refractivity contribution is 6.07. The van der Waals surface area contributed by atoms with Crippen molar-refractivity contribution in [3.05, 3.63) is 132 Å². The van der Waals surface area contributed by atoms with Crippen molar-refractivity contribution in [3.63, 3.8) is 0 Å². The van der Waals surface area contributed by atoms with Crippen molar-refractivity contribution in [2.24, 2.45) is 11.8 Å². The highest BCUT2D eigenvalue weighted by Gasteiger charge is 2.50. The number of carboxylic acids is 1. The van der Waals surface area contributed by atoms with Gasteiger partial charge in [-0.1, -0.05) is 62.4 Å². The Morgan fingerprint density at radius 2 is 0.829 bits per heavy atom. The summed E-state index contributed by atoms with van der Waals surface area (Å²) >= 11 is 0. The number of hydrogen-bond donors (Lipinski definition) is 7. The number of aromatic hydroxyl groups is 4. The number of benzene rings is 6. The smallest absolute Gasteiger partial charge is 0.339 e. The predicted molar refractivity (Wildman–Crippen MR) is 404 cm³/mol. The Labute approximate surface area is 648 Å². The lowest BCUT2D eigenvalue weighted by molar-refractivity contribution is -0.345. The number of hydrogen-bond acceptors (Lipinski definition) is 27. The van der Waals surface area contributed by atoms with E-state index in [1.165, 1.54) is 42.8 Å². The van der Waals surface area contributed by atoms with Gasteiger partial charge in [0.25, 0.3) is 5.91 Å². The highest BCUT2D eigenvalue weighted by atomic mass is 16.8. The standard InChI is InChI=1S/C40H51NO13.C33H47NO10.C7H6O4.C2H2/c1-25-32(52-40(46-3)38(54-34-19-7-9-21-50-34)36(25)53-33-18-6-8-20-49-33)24-51-37-30(45-2)16-11-17-31(37)48-23-22-47-29-15-5-4-13-27(29)41-39(44)26-12-10-14-28(42)35(26)43;1-22-27(21-41-31-25(35-2)13-10-14-26(31)38-20-19-37-24-12-5-4-11-23(24)34)42-33(36-3)32(44-29-16-7-9-18-40-29)30(22)43-28-15-6-8-17-39-28;8-5-3-1-2-4(6(5)9)7(10)11;1-2/h4-5,10-17,25,32-34,36,38,40,42-43H,6-9,18-24H2,1-3H3,(H,41,44);4-5,10-14,22,27-30,32-33H,6-9,15-21,34H2,1-3H3;1-3,8-9H,(H,10,11);1-2H/t25-,32?,33?,34?,36+,38-,40?;22-,27?,28?,29?,30+,32-,33?;;/m11../s1/i;;;1D. The van der Waals surface area contributed by atoms with Crippen LogP contribution in [0.3, 0.4) is 0 Å². The van der Waals surface area contributed by atoms with Crippen LogP contribution in [0, 0.1) is 24.7 Å². The van der Waals surface area contributed by atoms with Crippen molar-refractivity contribution < 1.29 is 131 Å². The zero-order valence-corrected chi connectivity index (χ0v) is 63.6. The Morgan fingerprint density at radius 1 is 0.468 bits per heavy atom. The first-order valence-corrected chi connectivity index (χ1v) is 37.4. The number of rotatable bonds is 31. The number of nitrogens with two attached hydrogens (primary N) is 1. The summed E-state index contributed by atoms with van der Waals surface area (Å²) in [7, 11) is 6.35. The molecule has 12 rings (SSSR count). The van der Waals surface area contributed by atoms with Gasteiger partial charge >= 0.3 is 5.97 Å². The quantitative estimate of drug-likeness (QED) is 0.00920. The Kier molecular flexibility index (Phi) is 33.9. The van der Waals surface area contributed by atoms with Crippen molar-refractivity contribution >= 4 is 23.3 Å². The molecule has 0 aromatic heterocycles. The fraction of sp³-hybridized carbons (Fsp3) is 0.512. The molecule has 606 valence electrons. The van der Waals surface area contributed by atoms with Crippen molar-refractivity contribution in [3.8, 4) is 81.8 Å². The molecule has 8 N–H and O–H groups in total. The van der Waals surface area contributed by atoms with E-state index in [2.05, 4.69) is 25.6 Å². The Morgan fingerprint density at radius 3 is 1.23 bits per heavy atom. The normalized spacial score (nSPS) is 25.1. The minimum absolute atomic E-state index is 0.0760. The third-order valence-corrected chi connectivity index (χ3v) is 19.1. The number of carbonyl (C=O) groups is 2. The number of carboxylic acid groups (broad SMARTS) is 1. The number of phenolic OH excluding ortho intramolecular Hbond substituents is 3. The first kappa shape index (κ1) is 84.2. The number of ether oxygens (including phenoxy) is 20. The first-order valence-electron chi connectivity index (χ1n) is 37.9. The molecule has 6 heterocycles. The third-order valence-electron chi connectivity index (χ3n) is 19.1. The fourth-order valence-electron chi connectivity index (χ4n) is 13.2. The van der Waals surface area contributed by atoms with Crippen LogP contribution in [-0.2, 0) is 56.8 Å². The van der Waals surface area contributed by atoms with Crippen LogP contribution in [0.25, 0.3) is 0 Å². The SMILES string of the molecule is COc1cccc(OCCOc2ccccc2N)c1OCC1OC(OC)[C@H](OC2CCCCO2)[C@@H](OC2CCCCO2)[C@@H]1C.COc1cccc(OCCOc2ccccc2NC(=O)c2cccc(O)c2O)c1OCC1OC(OC)[C@H](OC2CCCCO2)[C@@H](OC2CCCCO2)[C@@H]1C.O=C(O)c1cccc(O)c1O.[2H]C#C. The summed E-state index contributed by atoms with van der Waals surface area (Å²) in [5.74, 6) is -0.249. The van der Waals surface area contributed by atoms with E-state index in [4.69, 9.17) is 117 Å². The molecule has 0 saturated carbocycles. The molecular weight excluding hydrogens is 1440 g/mol. The Hall–Kier alpha value is -9.26. The summed E-state index contributed by atoms with van der Waals surface area (Å²) in [6, 6.07) is 33.0. The van der Waals surface area contributed by atoms with E-state index in [0.717, 1.165) is 77.0 Å². The number of phenols is 4. The first-order chi connectivity index (χ1) is 54.5. The van der Waals surface area contributed by atoms with Crippen molar-refractivity contribution in [2.45, 2.75) is 165 Å². The summed E-state index contributed by atoms with van der Waals surface area (Å²) in [6.07, 6.45) is 11.8. The van der Waals surface area contributed by atoms with Crippen LogP contribution in [0.2, 0.25) is 0 Å². The lowest BCUT2D eigenvalue weighted by Gasteiger charge is -2.46. The van der Waals surface area contributed by atoms with Crippen LogP contribution in [0.5, 0.6) is 69.0 Å². The number of methoxy groups -OCH3 is 4. The van der Waals surface area contributed by atoms with Crippen LogP contribution < -0.4 is 48.9 Å². The number of aromatic carboxylic acids is 1. The molecule has 6 saturated heterocycles. The van der Waals surface area contributed by atoms with E-state index >= 15 is 0 Å². The van der Waals surface area contributed by atoms with Gasteiger partial charge in [-0.25, -0.2) is 4.79 Å². The van der Waals surface area contributed by atoms with Gasteiger partial charge in [0, 0.05) is 52.5 Å². The molecule has 29 heteroatoms. The Bertz CT molecular complexity index is 3860. The average Bonchev–Trinajstić information content (AvgIpc) is 0.788. The number of carbonyl (C=O) groups excluding carboxylic acids is 1. The molecule has 6 aromatic carbocycles. The van der Waals surface area contributed by atoms with Crippen molar-refractivity contribution in [1.29, 1.82) is 0 Å². The molecule has 0 spiro atoms. The van der Waals surface area contributed by atoms with Crippen molar-refractivity contribution in [2.75, 3.05) is 106 Å². The number of para-hydroxylation sites is 8. The number of amides is 1. The highest BCUT2D eigenvalue weighted by Crippen LogP contribution is 2.43. The lowest BCUT2D eigenvalue weighted by atomic mass is 9.90. The van der Waals surface area contributed by atoms with Crippen LogP contribution in [0.4, 0.5) is 11.4 Å². The average molecular weight is 1550 g/mol. The van der Waals surface area contributed by atoms with E-state index in [9.17, 15) is 19.8 Å². The second-order valence-corrected chi connectivity index (χ2v) is 26.6. The van der Waals surface area contributed by atoms with Gasteiger partial charge in [-0.2, -0.15) is 0 Å². The van der Waals surface area contributed by atoms with Crippen LogP contribution >= 0.6 is 0 Å². The predicted octanol–water partition coefficient (Wildman–Crippen LogP) is 12.0. The van der Waals surface area contributed by atoms with E-state index in [1.807, 2.05) is 36.4 Å². The summed E-state index contributed by atoms with van der Waals surface area (Å²) in [5.41, 5.74) is 6.56. The van der Waals surface area contributed by atoms with Gasteiger partial charge in [-0.05, 0) is 150 Å². The zero-order chi connectivity index (χ0) is 79.7. The number of nitrogen functional groups attached to an aromatic ring is 1. The van der Waals surface area contributed by atoms with Gasteiger partial charge < -0.3 is 131 Å². The Balaban J connectivity index is 0.000000222. The number of terminal acetylenes is 1. The van der Waals surface area contributed by atoms with Crippen LogP contribution in [-0.4, -0.2) is 206 Å². The monoisotopic (exact) mass is 1550 g/mol. The van der Waals surface area contributed by atoms with E-state index in [0.29, 0.717) is 90.4 Å². The fourth-order valence-corrected chi connectivity index (χ4v) is 13.2. The maximum Gasteiger partial charge on any atom is 0.339 e. The molecule has 6 fully saturated rings. The topological polar surface area (TPSA) is 358 Å². The lowest BCUT2D eigenvalue weighted by Crippen LogP contribution is -2.59. The molecule has 0 bridgehead atoms. The minimum atomic E-state index is -1.27. The largest absolute Gasteiger partial charge is 0.504 e. The van der Waals surface area contributed by atoms with E-state index < -0.39 is 71.9 Å². The van der Waals surface area contributed by atoms with Gasteiger partial charge in [-0.3, -0.25) is 4.79 Å². The summed E-state index contributed by atoms with van der Waals surface area (Å²) in [6.45, 7) is 7.94. The van der Waals surface area contributed by atoms with Gasteiger partial charge in [-0.15, -0.1) is 12.8 Å². The maximum absolute atomic E-state index is 12.9. The number of nitrogens with one attached hydrogen (secondary N) is 1. The molecule has 6 aliphatic rings. The molecule has 0 aliphatic carbocycles. The van der Waals surface area contributed by atoms with Gasteiger partial charge in [0.15, 0.2) is 83.7 Å². The molecule has 1 amide bonds. The van der Waals surface area contributed by atoms with Gasteiger partial charge in [0.2, 0.25) is 11.5 Å². The van der Waals surface area contributed by atoms with E-state index in [-0.39, 0.29) is 93.4 Å². The molecule has 0 radical (unpaired) electrons. The summed E-state index contributed by atoms with van der Waals surface area (Å²) in [5, 5.41) is 48.9. The van der Waals surface area contributed by atoms with Gasteiger partial charge in [0.1, 0.15) is 70.3 Å². The second kappa shape index (κ2) is 44.7. The molecule has 6 aliphatic heterocycles. The van der Waals surface area contributed by atoms with E-state index in [1.54, 1.807) is 77.0 Å². The maximum atomic E-state index is 12.9. The zero-order valence-electron chi connectivity index (χ0n) is 64.6. The third kappa shape index (κ3) is 24.4. The molecule has 111 heavy (non-hydrogen) atoms. The van der Waals surface area contributed by atoms with Crippen molar-refractivity contribution in [1.82, 2.24) is 0 Å². The molecule has 8 unspecified atom stereocenters. The molecule has 6 aromatic rings. The summed E-state index contributed by atoms with van der Waals surface area (Å²) in [4.78, 5) is 23.2. The number of anilines is 2. The van der Waals surface area contributed by atoms with Gasteiger partial charge in [0.05, 0.1) is 55.6 Å². The van der Waals surface area contributed by atoms with Crippen LogP contribution in [0.1, 0.15) is 113 Å². The summed E-state index contributed by atoms with van der Waals surface area (Å²) < 4.78 is 128. The minimum Gasteiger partial charge on any atom is -0.504 e. The molecule has 14 atom stereocenters. The second-order valence-electron chi connectivity index (χ2n) is 26.6. The molecule has 29 nitrogen and oxygen atoms in total. The van der Waals surface area contributed by atoms with Crippen LogP contribution in [0.15, 0.2) is 121 Å². The molecular formula is C82H106N2O27.